The Kier molecular flexibility index (Phi) is 4.61. The van der Waals surface area contributed by atoms with Crippen molar-refractivity contribution in [2.24, 2.45) is 5.16 Å². The van der Waals surface area contributed by atoms with Gasteiger partial charge in [0, 0.05) is 5.56 Å². The number of halogens is 3. The van der Waals surface area contributed by atoms with E-state index in [2.05, 4.69) is 20.0 Å². The van der Waals surface area contributed by atoms with Gasteiger partial charge < -0.3 is 9.94 Å². The average molecular weight is 362 g/mol. The zero-order chi connectivity index (χ0) is 18.7. The molecular formula is C17H13F3N4O2. The van der Waals surface area contributed by atoms with Gasteiger partial charge in [-0.2, -0.15) is 0 Å². The van der Waals surface area contributed by atoms with Crippen molar-refractivity contribution < 1.29 is 23.1 Å². The van der Waals surface area contributed by atoms with Crippen LogP contribution in [0.3, 0.4) is 0 Å². The van der Waals surface area contributed by atoms with Gasteiger partial charge in [-0.05, 0) is 36.8 Å². The first kappa shape index (κ1) is 17.5. The maximum absolute atomic E-state index is 12.2. The van der Waals surface area contributed by atoms with E-state index in [1.165, 1.54) is 35.3 Å². The summed E-state index contributed by atoms with van der Waals surface area (Å²) < 4.78 is 41.8. The molecule has 1 N–H and O–H groups in total. The molecule has 0 aliphatic heterocycles. The zero-order valence-electron chi connectivity index (χ0n) is 13.5. The average Bonchev–Trinajstić information content (AvgIpc) is 3.10. The number of oxime groups is 1. The van der Waals surface area contributed by atoms with Crippen LogP contribution < -0.4 is 4.74 Å². The quantitative estimate of drug-likeness (QED) is 0.432. The summed E-state index contributed by atoms with van der Waals surface area (Å²) in [5, 5.41) is 16.2. The lowest BCUT2D eigenvalue weighted by atomic mass is 10.1. The molecular weight excluding hydrogens is 349 g/mol. The number of nitrogens with zero attached hydrogens (tertiary/aromatic N) is 4. The van der Waals surface area contributed by atoms with E-state index >= 15 is 0 Å². The first-order valence-electron chi connectivity index (χ1n) is 7.43. The number of rotatable bonds is 4. The molecule has 0 fully saturated rings. The van der Waals surface area contributed by atoms with E-state index in [4.69, 9.17) is 5.21 Å². The normalized spacial score (nSPS) is 12.2. The van der Waals surface area contributed by atoms with E-state index in [0.29, 0.717) is 17.2 Å². The lowest BCUT2D eigenvalue weighted by Gasteiger charge is -2.09. The maximum atomic E-state index is 12.2. The summed E-state index contributed by atoms with van der Waals surface area (Å²) in [5.41, 5.74) is 2.53. The first-order chi connectivity index (χ1) is 12.4. The second kappa shape index (κ2) is 6.87. The summed E-state index contributed by atoms with van der Waals surface area (Å²) in [7, 11) is 0. The second-order valence-corrected chi connectivity index (χ2v) is 5.32. The van der Waals surface area contributed by atoms with Crippen LogP contribution in [0.4, 0.5) is 13.2 Å². The molecule has 1 aromatic heterocycles. The van der Waals surface area contributed by atoms with Gasteiger partial charge in [0.05, 0.1) is 11.4 Å². The molecule has 0 aliphatic carbocycles. The third-order valence-corrected chi connectivity index (χ3v) is 3.54. The molecule has 0 bridgehead atoms. The Morgan fingerprint density at radius 1 is 1.08 bits per heavy atom. The predicted molar refractivity (Wildman–Crippen MR) is 87.5 cm³/mol. The van der Waals surface area contributed by atoms with Crippen molar-refractivity contribution in [3.05, 3.63) is 60.4 Å². The van der Waals surface area contributed by atoms with Crippen molar-refractivity contribution in [3.8, 4) is 22.8 Å². The number of benzene rings is 2. The fraction of sp³-hybridized carbons (Fsp3) is 0.118. The summed E-state index contributed by atoms with van der Waals surface area (Å²) in [6, 6.07) is 12.4. The third-order valence-electron chi connectivity index (χ3n) is 3.54. The van der Waals surface area contributed by atoms with Gasteiger partial charge in [-0.1, -0.05) is 29.4 Å². The highest BCUT2D eigenvalue weighted by Gasteiger charge is 2.30. The molecule has 0 unspecified atom stereocenters. The molecule has 0 radical (unpaired) electrons. The fourth-order valence-electron chi connectivity index (χ4n) is 2.24. The van der Waals surface area contributed by atoms with Crippen LogP contribution in [0, 0.1) is 0 Å². The largest absolute Gasteiger partial charge is 0.573 e. The smallest absolute Gasteiger partial charge is 0.411 e. The van der Waals surface area contributed by atoms with Crippen LogP contribution >= 0.6 is 0 Å². The highest BCUT2D eigenvalue weighted by molar-refractivity contribution is 5.98. The Hall–Kier alpha value is -3.36. The van der Waals surface area contributed by atoms with Gasteiger partial charge in [0.1, 0.15) is 12.1 Å². The number of alkyl halides is 3. The predicted octanol–water partition coefficient (Wildman–Crippen LogP) is 4.03. The highest BCUT2D eigenvalue weighted by Crippen LogP contribution is 2.24. The van der Waals surface area contributed by atoms with E-state index in [-0.39, 0.29) is 5.75 Å². The van der Waals surface area contributed by atoms with Gasteiger partial charge in [0.25, 0.3) is 0 Å². The first-order valence-corrected chi connectivity index (χ1v) is 7.43. The van der Waals surface area contributed by atoms with Crippen molar-refractivity contribution in [1.82, 2.24) is 14.8 Å². The van der Waals surface area contributed by atoms with Crippen LogP contribution in [0.15, 0.2) is 60.0 Å². The Morgan fingerprint density at radius 2 is 1.73 bits per heavy atom. The monoisotopic (exact) mass is 362 g/mol. The van der Waals surface area contributed by atoms with E-state index in [1.54, 1.807) is 31.2 Å². The summed E-state index contributed by atoms with van der Waals surface area (Å²) >= 11 is 0. The van der Waals surface area contributed by atoms with Crippen LogP contribution in [0.2, 0.25) is 0 Å². The molecule has 0 saturated carbocycles. The van der Waals surface area contributed by atoms with Crippen molar-refractivity contribution in [2.45, 2.75) is 13.3 Å². The SMILES string of the molecule is CC(=NO)c1ccc(-c2ncn(-c3ccc(OC(F)(F)F)cc3)n2)cc1. The molecule has 26 heavy (non-hydrogen) atoms. The van der Waals surface area contributed by atoms with Crippen molar-refractivity contribution >= 4 is 5.71 Å². The summed E-state index contributed by atoms with van der Waals surface area (Å²) in [6.07, 6.45) is -3.27. The van der Waals surface area contributed by atoms with Gasteiger partial charge in [-0.3, -0.25) is 0 Å². The molecule has 1 heterocycles. The molecule has 134 valence electrons. The molecule has 0 aliphatic rings. The minimum absolute atomic E-state index is 0.307. The lowest BCUT2D eigenvalue weighted by molar-refractivity contribution is -0.274. The van der Waals surface area contributed by atoms with E-state index in [9.17, 15) is 13.2 Å². The Labute approximate surface area is 146 Å². The zero-order valence-corrected chi connectivity index (χ0v) is 13.5. The van der Waals surface area contributed by atoms with Gasteiger partial charge >= 0.3 is 6.36 Å². The van der Waals surface area contributed by atoms with E-state index in [1.807, 2.05) is 0 Å². The molecule has 3 rings (SSSR count). The topological polar surface area (TPSA) is 72.5 Å². The van der Waals surface area contributed by atoms with Crippen LogP contribution in [-0.2, 0) is 0 Å². The van der Waals surface area contributed by atoms with Crippen LogP contribution in [0.25, 0.3) is 17.1 Å². The fourth-order valence-corrected chi connectivity index (χ4v) is 2.24. The summed E-state index contributed by atoms with van der Waals surface area (Å²) in [4.78, 5) is 4.20. The Morgan fingerprint density at radius 3 is 2.31 bits per heavy atom. The van der Waals surface area contributed by atoms with E-state index in [0.717, 1.165) is 11.1 Å². The number of aromatic nitrogens is 3. The highest BCUT2D eigenvalue weighted by atomic mass is 19.4. The minimum atomic E-state index is -4.73. The molecule has 0 saturated heterocycles. The van der Waals surface area contributed by atoms with Crippen LogP contribution in [0.1, 0.15) is 12.5 Å². The van der Waals surface area contributed by atoms with Gasteiger partial charge in [-0.25, -0.2) is 9.67 Å². The van der Waals surface area contributed by atoms with Gasteiger partial charge in [0.15, 0.2) is 5.82 Å². The van der Waals surface area contributed by atoms with Crippen LogP contribution in [0.5, 0.6) is 5.75 Å². The summed E-state index contributed by atoms with van der Waals surface area (Å²) in [6.45, 7) is 1.67. The van der Waals surface area contributed by atoms with Crippen molar-refractivity contribution in [3.63, 3.8) is 0 Å². The number of hydrogen-bond donors (Lipinski definition) is 1. The minimum Gasteiger partial charge on any atom is -0.411 e. The van der Waals surface area contributed by atoms with Crippen molar-refractivity contribution in [2.75, 3.05) is 0 Å². The van der Waals surface area contributed by atoms with Gasteiger partial charge in [0.2, 0.25) is 0 Å². The van der Waals surface area contributed by atoms with Crippen molar-refractivity contribution in [1.29, 1.82) is 0 Å². The standard InChI is InChI=1S/C17H13F3N4O2/c1-11(23-25)12-2-4-13(5-3-12)16-21-10-24(22-16)14-6-8-15(9-7-14)26-17(18,19)20/h2-10,25H,1H3. The maximum Gasteiger partial charge on any atom is 0.573 e. The molecule has 3 aromatic rings. The third kappa shape index (κ3) is 4.00. The molecule has 0 amide bonds. The van der Waals surface area contributed by atoms with E-state index < -0.39 is 6.36 Å². The Bertz CT molecular complexity index is 916. The summed E-state index contributed by atoms with van der Waals surface area (Å²) in [5.74, 6) is 0.142. The molecule has 2 aromatic carbocycles. The lowest BCUT2D eigenvalue weighted by Crippen LogP contribution is -2.17. The molecule has 9 heteroatoms. The Balaban J connectivity index is 1.79. The molecule has 0 spiro atoms. The van der Waals surface area contributed by atoms with Crippen LogP contribution in [-0.4, -0.2) is 32.0 Å². The number of hydrogen-bond acceptors (Lipinski definition) is 5. The molecule has 0 atom stereocenters. The molecule has 6 nitrogen and oxygen atoms in total. The second-order valence-electron chi connectivity index (χ2n) is 5.32. The number of ether oxygens (including phenoxy) is 1. The van der Waals surface area contributed by atoms with Gasteiger partial charge in [-0.15, -0.1) is 18.3 Å².